The summed E-state index contributed by atoms with van der Waals surface area (Å²) >= 11 is 0. The molecule has 3 rings (SSSR count). The molecule has 6 heteroatoms. The largest absolute Gasteiger partial charge is 0.459 e. The number of carbonyl (C=O) groups is 2. The van der Waals surface area contributed by atoms with Crippen LogP contribution in [0.25, 0.3) is 0 Å². The molecule has 1 aliphatic heterocycles. The summed E-state index contributed by atoms with van der Waals surface area (Å²) in [6.45, 7) is 5.06. The van der Waals surface area contributed by atoms with Gasteiger partial charge in [0.25, 0.3) is 11.8 Å². The second-order valence-electron chi connectivity index (χ2n) is 6.52. The van der Waals surface area contributed by atoms with Crippen LogP contribution in [0.2, 0.25) is 0 Å². The minimum atomic E-state index is -0.316. The normalized spacial score (nSPS) is 15.6. The molecular weight excluding hydrogens is 330 g/mol. The zero-order valence-electron chi connectivity index (χ0n) is 15.0. The number of anilines is 1. The van der Waals surface area contributed by atoms with Crippen LogP contribution < -0.4 is 10.6 Å². The Bertz CT molecular complexity index is 719. The molecule has 0 radical (unpaired) electrons. The molecule has 2 amide bonds. The number of hydrogen-bond donors (Lipinski definition) is 2. The van der Waals surface area contributed by atoms with Gasteiger partial charge in [-0.3, -0.25) is 14.5 Å². The van der Waals surface area contributed by atoms with Gasteiger partial charge in [-0.2, -0.15) is 0 Å². The topological polar surface area (TPSA) is 74.6 Å². The summed E-state index contributed by atoms with van der Waals surface area (Å²) in [6, 6.07) is 10.5. The number of amides is 2. The summed E-state index contributed by atoms with van der Waals surface area (Å²) in [7, 11) is 0. The van der Waals surface area contributed by atoms with Crippen LogP contribution >= 0.6 is 0 Å². The van der Waals surface area contributed by atoms with Crippen LogP contribution in [0.3, 0.4) is 0 Å². The Morgan fingerprint density at radius 3 is 2.46 bits per heavy atom. The number of furan rings is 1. The number of benzene rings is 1. The quantitative estimate of drug-likeness (QED) is 0.800. The molecule has 2 aromatic rings. The molecule has 1 aromatic heterocycles. The van der Waals surface area contributed by atoms with Crippen molar-refractivity contribution in [2.24, 2.45) is 0 Å². The van der Waals surface area contributed by atoms with Crippen LogP contribution in [0, 0.1) is 0 Å². The number of likely N-dealkylation sites (tertiary alicyclic amines) is 1. The molecule has 2 N–H and O–H groups in total. The van der Waals surface area contributed by atoms with Crippen LogP contribution in [0.4, 0.5) is 5.69 Å². The number of nitrogens with one attached hydrogen (secondary N) is 2. The van der Waals surface area contributed by atoms with Gasteiger partial charge in [-0.1, -0.05) is 6.92 Å². The monoisotopic (exact) mass is 355 g/mol. The van der Waals surface area contributed by atoms with Crippen molar-refractivity contribution >= 4 is 17.5 Å². The smallest absolute Gasteiger partial charge is 0.291 e. The van der Waals surface area contributed by atoms with Crippen molar-refractivity contribution in [2.45, 2.75) is 32.2 Å². The van der Waals surface area contributed by atoms with E-state index in [9.17, 15) is 9.59 Å². The third-order valence-electron chi connectivity index (χ3n) is 4.78. The Kier molecular flexibility index (Phi) is 6.07. The van der Waals surface area contributed by atoms with Crippen molar-refractivity contribution in [1.82, 2.24) is 10.2 Å². The summed E-state index contributed by atoms with van der Waals surface area (Å²) in [5.74, 6) is -0.158. The van der Waals surface area contributed by atoms with Crippen LogP contribution in [-0.4, -0.2) is 42.4 Å². The molecule has 138 valence electrons. The van der Waals surface area contributed by atoms with Gasteiger partial charge >= 0.3 is 0 Å². The first-order valence-corrected chi connectivity index (χ1v) is 9.14. The Hall–Kier alpha value is -2.60. The van der Waals surface area contributed by atoms with Gasteiger partial charge in [0, 0.05) is 23.8 Å². The number of nitrogens with zero attached hydrogens (tertiary/aromatic N) is 1. The predicted octanol–water partition coefficient (Wildman–Crippen LogP) is 3.14. The molecular formula is C20H25N3O3. The lowest BCUT2D eigenvalue weighted by atomic mass is 10.1. The average molecular weight is 355 g/mol. The zero-order valence-corrected chi connectivity index (χ0v) is 15.0. The van der Waals surface area contributed by atoms with E-state index in [1.54, 1.807) is 36.4 Å². The van der Waals surface area contributed by atoms with Gasteiger partial charge in [0.2, 0.25) is 0 Å². The van der Waals surface area contributed by atoms with Crippen molar-refractivity contribution in [3.8, 4) is 0 Å². The molecule has 1 aromatic carbocycles. The second kappa shape index (κ2) is 8.67. The number of hydrogen-bond acceptors (Lipinski definition) is 4. The molecule has 2 heterocycles. The maximum atomic E-state index is 12.4. The van der Waals surface area contributed by atoms with Crippen LogP contribution in [-0.2, 0) is 0 Å². The highest BCUT2D eigenvalue weighted by atomic mass is 16.3. The van der Waals surface area contributed by atoms with Crippen molar-refractivity contribution in [3.63, 3.8) is 0 Å². The lowest BCUT2D eigenvalue weighted by Crippen LogP contribution is -2.42. The summed E-state index contributed by atoms with van der Waals surface area (Å²) in [4.78, 5) is 26.8. The zero-order chi connectivity index (χ0) is 18.4. The fourth-order valence-corrected chi connectivity index (χ4v) is 3.26. The minimum absolute atomic E-state index is 0.0911. The van der Waals surface area contributed by atoms with Crippen molar-refractivity contribution in [3.05, 3.63) is 54.0 Å². The SMILES string of the molecule is CCC(CNC(=O)c1ccc(NC(=O)c2ccco2)cc1)N1CCCC1. The van der Waals surface area contributed by atoms with E-state index in [1.165, 1.54) is 19.1 Å². The van der Waals surface area contributed by atoms with E-state index in [1.807, 2.05) is 0 Å². The van der Waals surface area contributed by atoms with Crippen molar-refractivity contribution < 1.29 is 14.0 Å². The van der Waals surface area contributed by atoms with E-state index in [2.05, 4.69) is 22.5 Å². The molecule has 1 atom stereocenters. The van der Waals surface area contributed by atoms with Gasteiger partial charge in [-0.05, 0) is 68.8 Å². The van der Waals surface area contributed by atoms with Gasteiger partial charge in [0.15, 0.2) is 5.76 Å². The van der Waals surface area contributed by atoms with Gasteiger partial charge in [0.1, 0.15) is 0 Å². The van der Waals surface area contributed by atoms with E-state index < -0.39 is 0 Å². The summed E-state index contributed by atoms with van der Waals surface area (Å²) in [5.41, 5.74) is 1.20. The summed E-state index contributed by atoms with van der Waals surface area (Å²) in [6.07, 6.45) is 4.97. The van der Waals surface area contributed by atoms with Gasteiger partial charge in [-0.15, -0.1) is 0 Å². The molecule has 26 heavy (non-hydrogen) atoms. The molecule has 6 nitrogen and oxygen atoms in total. The second-order valence-corrected chi connectivity index (χ2v) is 6.52. The fraction of sp³-hybridized carbons (Fsp3) is 0.400. The van der Waals surface area contributed by atoms with Crippen molar-refractivity contribution in [1.29, 1.82) is 0 Å². The maximum Gasteiger partial charge on any atom is 0.291 e. The highest BCUT2D eigenvalue weighted by Crippen LogP contribution is 2.14. The number of carbonyl (C=O) groups excluding carboxylic acids is 2. The van der Waals surface area contributed by atoms with Gasteiger partial charge < -0.3 is 15.1 Å². The highest BCUT2D eigenvalue weighted by molar-refractivity contribution is 6.02. The Balaban J connectivity index is 1.52. The van der Waals surface area contributed by atoms with E-state index in [4.69, 9.17) is 4.42 Å². The minimum Gasteiger partial charge on any atom is -0.459 e. The maximum absolute atomic E-state index is 12.4. The van der Waals surface area contributed by atoms with Crippen molar-refractivity contribution in [2.75, 3.05) is 25.0 Å². The summed E-state index contributed by atoms with van der Waals surface area (Å²) in [5, 5.41) is 5.76. The Labute approximate surface area is 153 Å². The lowest BCUT2D eigenvalue weighted by Gasteiger charge is -2.26. The van der Waals surface area contributed by atoms with Crippen LogP contribution in [0.1, 0.15) is 47.1 Å². The average Bonchev–Trinajstić information content (AvgIpc) is 3.37. The highest BCUT2D eigenvalue weighted by Gasteiger charge is 2.21. The first-order chi connectivity index (χ1) is 12.7. The lowest BCUT2D eigenvalue weighted by molar-refractivity contribution is 0.0936. The third kappa shape index (κ3) is 4.52. The molecule has 0 bridgehead atoms. The summed E-state index contributed by atoms with van der Waals surface area (Å²) < 4.78 is 5.06. The molecule has 1 saturated heterocycles. The first-order valence-electron chi connectivity index (χ1n) is 9.14. The molecule has 1 unspecified atom stereocenters. The standard InChI is InChI=1S/C20H25N3O3/c1-2-17(23-11-3-4-12-23)14-21-19(24)15-7-9-16(10-8-15)22-20(25)18-6-5-13-26-18/h5-10,13,17H,2-4,11-12,14H2,1H3,(H,21,24)(H,22,25). The molecule has 1 fully saturated rings. The first kappa shape index (κ1) is 18.2. The van der Waals surface area contributed by atoms with Gasteiger partial charge in [0.05, 0.1) is 6.26 Å². The van der Waals surface area contributed by atoms with Gasteiger partial charge in [-0.25, -0.2) is 0 Å². The molecule has 0 aliphatic carbocycles. The van der Waals surface area contributed by atoms with Crippen LogP contribution in [0.15, 0.2) is 47.1 Å². The number of rotatable bonds is 7. The van der Waals surface area contributed by atoms with Crippen LogP contribution in [0.5, 0.6) is 0 Å². The van der Waals surface area contributed by atoms with E-state index in [-0.39, 0.29) is 17.6 Å². The molecule has 0 spiro atoms. The predicted molar refractivity (Wildman–Crippen MR) is 100 cm³/mol. The molecule has 0 saturated carbocycles. The fourth-order valence-electron chi connectivity index (χ4n) is 3.26. The molecule has 1 aliphatic rings. The van der Waals surface area contributed by atoms with E-state index in [0.29, 0.717) is 23.8 Å². The Morgan fingerprint density at radius 2 is 1.85 bits per heavy atom. The van der Waals surface area contributed by atoms with E-state index in [0.717, 1.165) is 19.5 Å². The third-order valence-corrected chi connectivity index (χ3v) is 4.78. The van der Waals surface area contributed by atoms with E-state index >= 15 is 0 Å². The Morgan fingerprint density at radius 1 is 1.12 bits per heavy atom.